The van der Waals surface area contributed by atoms with Gasteiger partial charge in [-0.15, -0.1) is 0 Å². The first-order valence-corrected chi connectivity index (χ1v) is 12.2. The number of carboxylic acids is 1. The minimum absolute atomic E-state index is 0.241. The Labute approximate surface area is 193 Å². The Morgan fingerprint density at radius 3 is 1.81 bits per heavy atom. The minimum Gasteiger partial charge on any atom is -0.481 e. The molecule has 1 rings (SSSR count). The van der Waals surface area contributed by atoms with E-state index in [9.17, 15) is 14.7 Å². The SMILES string of the molecule is CCCCOC[C@@H]1[C@@H](OCCCC)[C@H](OCCCC)[C@@H](CC(=O)O)N1C(=O)OC(C)(C)C. The summed E-state index contributed by atoms with van der Waals surface area (Å²) in [5, 5.41) is 9.62. The zero-order valence-electron chi connectivity index (χ0n) is 20.9. The van der Waals surface area contributed by atoms with Gasteiger partial charge in [-0.2, -0.15) is 0 Å². The topological polar surface area (TPSA) is 94.5 Å². The van der Waals surface area contributed by atoms with Crippen molar-refractivity contribution in [3.63, 3.8) is 0 Å². The highest BCUT2D eigenvalue weighted by Crippen LogP contribution is 2.34. The van der Waals surface area contributed by atoms with Gasteiger partial charge < -0.3 is 24.1 Å². The van der Waals surface area contributed by atoms with E-state index in [-0.39, 0.29) is 13.0 Å². The first-order valence-electron chi connectivity index (χ1n) is 12.2. The quantitative estimate of drug-likeness (QED) is 0.357. The molecule has 0 aromatic rings. The molecule has 4 atom stereocenters. The molecule has 1 amide bonds. The van der Waals surface area contributed by atoms with Crippen LogP contribution in [-0.2, 0) is 23.7 Å². The first kappa shape index (κ1) is 28.7. The van der Waals surface area contributed by atoms with Crippen LogP contribution in [0.5, 0.6) is 0 Å². The number of aliphatic carboxylic acids is 1. The lowest BCUT2D eigenvalue weighted by Crippen LogP contribution is -2.49. The van der Waals surface area contributed by atoms with E-state index in [2.05, 4.69) is 20.8 Å². The molecule has 1 heterocycles. The van der Waals surface area contributed by atoms with Crippen LogP contribution >= 0.6 is 0 Å². The molecular formula is C24H45NO7. The van der Waals surface area contributed by atoms with Crippen molar-refractivity contribution in [3.8, 4) is 0 Å². The number of carbonyl (C=O) groups is 2. The smallest absolute Gasteiger partial charge is 0.411 e. The van der Waals surface area contributed by atoms with Gasteiger partial charge in [-0.05, 0) is 40.0 Å². The molecule has 0 bridgehead atoms. The Hall–Kier alpha value is -1.38. The summed E-state index contributed by atoms with van der Waals surface area (Å²) >= 11 is 0. The van der Waals surface area contributed by atoms with Gasteiger partial charge in [0.25, 0.3) is 0 Å². The third-order valence-corrected chi connectivity index (χ3v) is 5.33. The fourth-order valence-corrected chi connectivity index (χ4v) is 3.74. The summed E-state index contributed by atoms with van der Waals surface area (Å²) in [5.74, 6) is -0.993. The van der Waals surface area contributed by atoms with Gasteiger partial charge in [0.2, 0.25) is 0 Å². The van der Waals surface area contributed by atoms with Crippen molar-refractivity contribution in [3.05, 3.63) is 0 Å². The van der Waals surface area contributed by atoms with E-state index in [4.69, 9.17) is 18.9 Å². The van der Waals surface area contributed by atoms with Crippen LogP contribution in [0.2, 0.25) is 0 Å². The summed E-state index contributed by atoms with van der Waals surface area (Å²) in [4.78, 5) is 26.5. The number of rotatable bonds is 15. The average molecular weight is 460 g/mol. The number of carboxylic acid groups (broad SMARTS) is 1. The van der Waals surface area contributed by atoms with E-state index in [0.717, 1.165) is 38.5 Å². The molecule has 0 saturated carbocycles. The highest BCUT2D eigenvalue weighted by Gasteiger charge is 2.54. The minimum atomic E-state index is -0.993. The number of ether oxygens (including phenoxy) is 4. The molecule has 1 aliphatic heterocycles. The molecule has 0 unspecified atom stereocenters. The Bertz CT molecular complexity index is 549. The highest BCUT2D eigenvalue weighted by molar-refractivity contribution is 5.73. The molecule has 0 aliphatic carbocycles. The number of unbranched alkanes of at least 4 members (excludes halogenated alkanes) is 3. The maximum atomic E-state index is 13.2. The van der Waals surface area contributed by atoms with Crippen molar-refractivity contribution in [1.29, 1.82) is 0 Å². The first-order chi connectivity index (χ1) is 15.2. The monoisotopic (exact) mass is 459 g/mol. The zero-order chi connectivity index (χ0) is 24.1. The van der Waals surface area contributed by atoms with E-state index in [1.807, 2.05) is 0 Å². The van der Waals surface area contributed by atoms with E-state index in [1.165, 1.54) is 4.90 Å². The second-order valence-electron chi connectivity index (χ2n) is 9.43. The summed E-state index contributed by atoms with van der Waals surface area (Å²) in [6.45, 7) is 13.4. The number of hydrogen-bond acceptors (Lipinski definition) is 6. The molecule has 1 saturated heterocycles. The van der Waals surface area contributed by atoms with Gasteiger partial charge in [0.05, 0.1) is 25.1 Å². The molecule has 0 spiro atoms. The van der Waals surface area contributed by atoms with Crippen LogP contribution in [0.1, 0.15) is 86.5 Å². The van der Waals surface area contributed by atoms with E-state index >= 15 is 0 Å². The van der Waals surface area contributed by atoms with Crippen molar-refractivity contribution in [2.24, 2.45) is 0 Å². The maximum Gasteiger partial charge on any atom is 0.411 e. The number of likely N-dealkylation sites (tertiary alicyclic amines) is 1. The number of nitrogens with zero attached hydrogens (tertiary/aromatic N) is 1. The van der Waals surface area contributed by atoms with Gasteiger partial charge in [0.1, 0.15) is 17.8 Å². The van der Waals surface area contributed by atoms with E-state index < -0.39 is 42.0 Å². The number of carbonyl (C=O) groups excluding carboxylic acids is 1. The predicted molar refractivity (Wildman–Crippen MR) is 123 cm³/mol. The summed E-state index contributed by atoms with van der Waals surface area (Å²) in [7, 11) is 0. The second kappa shape index (κ2) is 14.7. The number of amides is 1. The van der Waals surface area contributed by atoms with Gasteiger partial charge >= 0.3 is 12.1 Å². The van der Waals surface area contributed by atoms with Crippen LogP contribution < -0.4 is 0 Å². The molecule has 8 nitrogen and oxygen atoms in total. The standard InChI is InChI=1S/C24H45NO7/c1-7-10-13-29-17-19-22(31-15-12-9-3)21(30-14-11-8-2)18(16-20(26)27)25(19)23(28)32-24(4,5)6/h18-19,21-22H,7-17H2,1-6H3,(H,26,27)/t18-,19-,21-,22-/m1/s1. The van der Waals surface area contributed by atoms with Gasteiger partial charge in [0.15, 0.2) is 0 Å². The van der Waals surface area contributed by atoms with Crippen LogP contribution in [0.15, 0.2) is 0 Å². The van der Waals surface area contributed by atoms with Crippen LogP contribution in [0.25, 0.3) is 0 Å². The second-order valence-corrected chi connectivity index (χ2v) is 9.43. The van der Waals surface area contributed by atoms with Crippen LogP contribution in [0.4, 0.5) is 4.79 Å². The maximum absolute atomic E-state index is 13.2. The Kier molecular flexibility index (Phi) is 13.2. The third-order valence-electron chi connectivity index (χ3n) is 5.33. The van der Waals surface area contributed by atoms with Crippen molar-refractivity contribution in [2.75, 3.05) is 26.4 Å². The van der Waals surface area contributed by atoms with Gasteiger partial charge in [0, 0.05) is 19.8 Å². The van der Waals surface area contributed by atoms with Gasteiger partial charge in [-0.1, -0.05) is 40.0 Å². The lowest BCUT2D eigenvalue weighted by atomic mass is 10.0. The summed E-state index contributed by atoms with van der Waals surface area (Å²) in [6.07, 6.45) is 3.74. The molecular weight excluding hydrogens is 414 g/mol. The normalized spacial score (nSPS) is 23.5. The molecule has 1 aliphatic rings. The molecule has 1 N–H and O–H groups in total. The van der Waals surface area contributed by atoms with Crippen LogP contribution in [0, 0.1) is 0 Å². The fraction of sp³-hybridized carbons (Fsp3) is 0.917. The van der Waals surface area contributed by atoms with Gasteiger partial charge in [-0.25, -0.2) is 4.79 Å². The van der Waals surface area contributed by atoms with Gasteiger partial charge in [-0.3, -0.25) is 9.69 Å². The molecule has 0 radical (unpaired) electrons. The molecule has 1 fully saturated rings. The summed E-state index contributed by atoms with van der Waals surface area (Å²) < 4.78 is 24.0. The average Bonchev–Trinajstić information content (AvgIpc) is 2.96. The summed E-state index contributed by atoms with van der Waals surface area (Å²) in [6, 6.07) is -1.17. The lowest BCUT2D eigenvalue weighted by molar-refractivity contribution is -0.139. The Balaban J connectivity index is 3.27. The zero-order valence-corrected chi connectivity index (χ0v) is 20.9. The number of hydrogen-bond donors (Lipinski definition) is 1. The van der Waals surface area contributed by atoms with Crippen molar-refractivity contribution in [2.45, 2.75) is 116 Å². The third kappa shape index (κ3) is 9.63. The van der Waals surface area contributed by atoms with Crippen molar-refractivity contribution >= 4 is 12.1 Å². The van der Waals surface area contributed by atoms with Crippen molar-refractivity contribution < 1.29 is 33.6 Å². The fourth-order valence-electron chi connectivity index (χ4n) is 3.74. The molecule has 188 valence electrons. The van der Waals surface area contributed by atoms with E-state index in [1.54, 1.807) is 20.8 Å². The Morgan fingerprint density at radius 1 is 0.844 bits per heavy atom. The Morgan fingerprint density at radius 2 is 1.34 bits per heavy atom. The molecule has 0 aromatic carbocycles. The largest absolute Gasteiger partial charge is 0.481 e. The van der Waals surface area contributed by atoms with E-state index in [0.29, 0.717) is 19.8 Å². The van der Waals surface area contributed by atoms with Crippen LogP contribution in [0.3, 0.4) is 0 Å². The summed E-state index contributed by atoms with van der Waals surface area (Å²) in [5.41, 5.74) is -0.710. The molecule has 8 heteroatoms. The molecule has 0 aromatic heterocycles. The van der Waals surface area contributed by atoms with Crippen molar-refractivity contribution in [1.82, 2.24) is 4.90 Å². The highest BCUT2D eigenvalue weighted by atomic mass is 16.6. The lowest BCUT2D eigenvalue weighted by Gasteiger charge is -2.32. The predicted octanol–water partition coefficient (Wildman–Crippen LogP) is 4.64. The van der Waals surface area contributed by atoms with Crippen LogP contribution in [-0.4, -0.2) is 78.4 Å². The molecule has 32 heavy (non-hydrogen) atoms.